The van der Waals surface area contributed by atoms with E-state index in [1.807, 2.05) is 47.6 Å². The molecule has 0 bridgehead atoms. The van der Waals surface area contributed by atoms with Crippen LogP contribution in [0.5, 0.6) is 0 Å². The number of hydrogen-bond donors (Lipinski definition) is 1. The molecule has 0 aromatic carbocycles. The van der Waals surface area contributed by atoms with E-state index >= 15 is 0 Å². The molecule has 0 saturated carbocycles. The maximum absolute atomic E-state index is 14.1. The molecule has 0 aliphatic carbocycles. The van der Waals surface area contributed by atoms with Gasteiger partial charge in [-0.05, 0) is 70.8 Å². The molecule has 240 valence electrons. The van der Waals surface area contributed by atoms with Gasteiger partial charge in [0, 0.05) is 38.8 Å². The molecule has 0 aromatic rings. The molecule has 9 nitrogen and oxygen atoms in total. The van der Waals surface area contributed by atoms with Crippen LogP contribution in [0, 0.1) is 11.3 Å². The predicted molar refractivity (Wildman–Crippen MR) is 169 cm³/mol. The van der Waals surface area contributed by atoms with Crippen molar-refractivity contribution in [2.24, 2.45) is 11.3 Å². The van der Waals surface area contributed by atoms with Gasteiger partial charge in [-0.2, -0.15) is 0 Å². The van der Waals surface area contributed by atoms with Crippen LogP contribution in [0.25, 0.3) is 0 Å². The topological polar surface area (TPSA) is 93.3 Å². The predicted octanol–water partition coefficient (Wildman–Crippen LogP) is 4.07. The Labute approximate surface area is 255 Å². The summed E-state index contributed by atoms with van der Waals surface area (Å²) in [5.74, 6) is -0.409. The number of piperidine rings is 1. The molecule has 0 aromatic heterocycles. The fraction of sp³-hybridized carbons (Fsp3) is 0.818. The van der Waals surface area contributed by atoms with Crippen molar-refractivity contribution in [2.75, 3.05) is 33.7 Å². The monoisotopic (exact) mass is 589 g/mol. The first kappa shape index (κ1) is 35.8. The number of likely N-dealkylation sites (N-methyl/N-ethyl adjacent to an activating group) is 2. The van der Waals surface area contributed by atoms with Gasteiger partial charge in [-0.3, -0.25) is 24.1 Å². The maximum atomic E-state index is 14.1. The van der Waals surface area contributed by atoms with Crippen molar-refractivity contribution in [1.82, 2.24) is 24.9 Å². The standard InChI is InChI=1S/C33H59N5O4/c1-12-18-35(10)31(41)26-17-15-20-38(26)30(40)24(6)21-27(22(2)3)36(11)32(42)28(33(7,8)9)34-29(39)25-16-13-14-19-37(25)23(4)5/h21-23,25-28H,12-20H2,1-11H3,(H,34,39)/b24-21+/t25-,26?,27?,28?/m1/s1. The highest BCUT2D eigenvalue weighted by Gasteiger charge is 2.40. The summed E-state index contributed by atoms with van der Waals surface area (Å²) in [6.07, 6.45) is 7.06. The summed E-state index contributed by atoms with van der Waals surface area (Å²) in [4.78, 5) is 61.6. The van der Waals surface area contributed by atoms with Gasteiger partial charge in [0.15, 0.2) is 0 Å². The van der Waals surface area contributed by atoms with Gasteiger partial charge in [-0.25, -0.2) is 0 Å². The molecule has 2 heterocycles. The average Bonchev–Trinajstić information content (AvgIpc) is 3.41. The Kier molecular flexibility index (Phi) is 13.1. The van der Waals surface area contributed by atoms with Crippen molar-refractivity contribution < 1.29 is 19.2 Å². The van der Waals surface area contributed by atoms with Crippen LogP contribution in [0.15, 0.2) is 11.6 Å². The number of nitrogens with one attached hydrogen (secondary N) is 1. The zero-order valence-electron chi connectivity index (χ0n) is 28.3. The Morgan fingerprint density at radius 1 is 0.952 bits per heavy atom. The molecule has 9 heteroatoms. The first-order valence-corrected chi connectivity index (χ1v) is 16.1. The lowest BCUT2D eigenvalue weighted by Crippen LogP contribution is -2.60. The summed E-state index contributed by atoms with van der Waals surface area (Å²) in [5, 5.41) is 3.14. The fourth-order valence-electron chi connectivity index (χ4n) is 6.36. The van der Waals surface area contributed by atoms with E-state index in [0.29, 0.717) is 25.1 Å². The molecule has 0 radical (unpaired) electrons. The minimum atomic E-state index is -0.716. The molecular weight excluding hydrogens is 530 g/mol. The third-order valence-electron chi connectivity index (χ3n) is 8.88. The average molecular weight is 590 g/mol. The Morgan fingerprint density at radius 2 is 1.57 bits per heavy atom. The molecule has 2 rings (SSSR count). The van der Waals surface area contributed by atoms with E-state index < -0.39 is 17.5 Å². The number of rotatable bonds is 11. The zero-order valence-corrected chi connectivity index (χ0v) is 28.3. The quantitative estimate of drug-likeness (QED) is 0.367. The van der Waals surface area contributed by atoms with Gasteiger partial charge in [0.25, 0.3) is 0 Å². The van der Waals surface area contributed by atoms with Crippen molar-refractivity contribution in [3.05, 3.63) is 11.6 Å². The molecule has 4 amide bonds. The lowest BCUT2D eigenvalue weighted by molar-refractivity contribution is -0.142. The SMILES string of the molecule is CCCN(C)C(=O)C1CCCN1C(=O)/C(C)=C/C(C(C)C)N(C)C(=O)C(NC(=O)[C@H]1CCCCN1C(C)C)C(C)(C)C. The summed E-state index contributed by atoms with van der Waals surface area (Å²) in [6, 6.07) is -1.51. The number of likely N-dealkylation sites (tertiary alicyclic amines) is 2. The second kappa shape index (κ2) is 15.3. The van der Waals surface area contributed by atoms with Gasteiger partial charge in [-0.15, -0.1) is 0 Å². The van der Waals surface area contributed by atoms with E-state index in [1.54, 1.807) is 35.7 Å². The zero-order chi connectivity index (χ0) is 31.9. The van der Waals surface area contributed by atoms with Crippen molar-refractivity contribution >= 4 is 23.6 Å². The normalized spacial score (nSPS) is 21.8. The van der Waals surface area contributed by atoms with Gasteiger partial charge in [0.05, 0.1) is 12.1 Å². The lowest BCUT2D eigenvalue weighted by Gasteiger charge is -2.41. The second-order valence-electron chi connectivity index (χ2n) is 14.1. The lowest BCUT2D eigenvalue weighted by atomic mass is 9.84. The third kappa shape index (κ3) is 8.80. The van der Waals surface area contributed by atoms with Gasteiger partial charge >= 0.3 is 0 Å². The number of amides is 4. The molecule has 2 aliphatic rings. The van der Waals surface area contributed by atoms with Crippen LogP contribution < -0.4 is 5.32 Å². The molecule has 2 aliphatic heterocycles. The van der Waals surface area contributed by atoms with Gasteiger partial charge in [-0.1, -0.05) is 54.0 Å². The summed E-state index contributed by atoms with van der Waals surface area (Å²) in [5.41, 5.74) is 0.0135. The third-order valence-corrected chi connectivity index (χ3v) is 8.88. The van der Waals surface area contributed by atoms with E-state index in [2.05, 4.69) is 24.1 Å². The molecule has 42 heavy (non-hydrogen) atoms. The van der Waals surface area contributed by atoms with E-state index in [9.17, 15) is 19.2 Å². The van der Waals surface area contributed by atoms with Crippen LogP contribution in [0.3, 0.4) is 0 Å². The minimum Gasteiger partial charge on any atom is -0.344 e. The Bertz CT molecular complexity index is 985. The summed E-state index contributed by atoms with van der Waals surface area (Å²) in [6.45, 7) is 20.1. The highest BCUT2D eigenvalue weighted by molar-refractivity contribution is 5.97. The van der Waals surface area contributed by atoms with E-state index in [0.717, 1.165) is 38.6 Å². The number of nitrogens with zero attached hydrogens (tertiary/aromatic N) is 4. The Balaban J connectivity index is 2.27. The molecular formula is C33H59N5O4. The first-order chi connectivity index (χ1) is 19.5. The molecule has 4 atom stereocenters. The molecule has 2 fully saturated rings. The van der Waals surface area contributed by atoms with Crippen molar-refractivity contribution in [1.29, 1.82) is 0 Å². The highest BCUT2D eigenvalue weighted by atomic mass is 16.2. The van der Waals surface area contributed by atoms with E-state index in [1.165, 1.54) is 0 Å². The van der Waals surface area contributed by atoms with Crippen LogP contribution in [0.4, 0.5) is 0 Å². The van der Waals surface area contributed by atoms with Crippen LogP contribution in [-0.4, -0.2) is 107 Å². The maximum Gasteiger partial charge on any atom is 0.249 e. The largest absolute Gasteiger partial charge is 0.344 e. The summed E-state index contributed by atoms with van der Waals surface area (Å²) in [7, 11) is 3.55. The highest BCUT2D eigenvalue weighted by Crippen LogP contribution is 2.27. The van der Waals surface area contributed by atoms with Crippen molar-refractivity contribution in [3.8, 4) is 0 Å². The van der Waals surface area contributed by atoms with Gasteiger partial charge < -0.3 is 20.0 Å². The minimum absolute atomic E-state index is 0.0130. The van der Waals surface area contributed by atoms with E-state index in [4.69, 9.17) is 0 Å². The van der Waals surface area contributed by atoms with Gasteiger partial charge in [0.1, 0.15) is 12.1 Å². The van der Waals surface area contributed by atoms with E-state index in [-0.39, 0.29) is 47.7 Å². The summed E-state index contributed by atoms with van der Waals surface area (Å²) >= 11 is 0. The first-order valence-electron chi connectivity index (χ1n) is 16.1. The van der Waals surface area contributed by atoms with Crippen LogP contribution in [0.2, 0.25) is 0 Å². The van der Waals surface area contributed by atoms with Crippen LogP contribution in [0.1, 0.15) is 101 Å². The summed E-state index contributed by atoms with van der Waals surface area (Å²) < 4.78 is 0. The second-order valence-corrected chi connectivity index (χ2v) is 14.1. The Hall–Kier alpha value is -2.42. The molecule has 2 saturated heterocycles. The smallest absolute Gasteiger partial charge is 0.249 e. The van der Waals surface area contributed by atoms with Gasteiger partial charge in [0.2, 0.25) is 23.6 Å². The molecule has 0 spiro atoms. The Morgan fingerprint density at radius 3 is 2.12 bits per heavy atom. The molecule has 1 N–H and O–H groups in total. The number of carbonyl (C=O) groups is 4. The van der Waals surface area contributed by atoms with Crippen LogP contribution >= 0.6 is 0 Å². The molecule has 3 unspecified atom stereocenters. The fourth-order valence-corrected chi connectivity index (χ4v) is 6.36. The number of hydrogen-bond acceptors (Lipinski definition) is 5. The number of carbonyl (C=O) groups excluding carboxylic acids is 4. The van der Waals surface area contributed by atoms with Crippen molar-refractivity contribution in [3.63, 3.8) is 0 Å². The van der Waals surface area contributed by atoms with Crippen LogP contribution in [-0.2, 0) is 19.2 Å². The van der Waals surface area contributed by atoms with Crippen molar-refractivity contribution in [2.45, 2.75) is 131 Å².